The normalized spacial score (nSPS) is 19.0. The van der Waals surface area contributed by atoms with Crippen LogP contribution in [0, 0.1) is 9.49 Å². The molecule has 0 spiro atoms. The van der Waals surface area contributed by atoms with Crippen molar-refractivity contribution in [2.75, 3.05) is 10.2 Å². The number of halogens is 4. The number of nitrogens with one attached hydrogen (secondary N) is 2. The molecule has 1 aromatic carbocycles. The van der Waals surface area contributed by atoms with Crippen LogP contribution in [0.15, 0.2) is 36.5 Å². The zero-order valence-electron chi connectivity index (χ0n) is 14.8. The number of carbonyl (C=O) groups excluding carboxylic acids is 1. The molecule has 0 bridgehead atoms. The molecule has 1 aliphatic carbocycles. The monoisotopic (exact) mass is 497 g/mol. The van der Waals surface area contributed by atoms with Crippen LogP contribution < -0.4 is 29.5 Å². The molecule has 1 aromatic heterocycles. The van der Waals surface area contributed by atoms with Crippen molar-refractivity contribution in [3.63, 3.8) is 0 Å². The zero-order valence-corrected chi connectivity index (χ0v) is 17.0. The van der Waals surface area contributed by atoms with Crippen LogP contribution in [0.3, 0.4) is 0 Å². The Bertz CT molecular complexity index is 834. The van der Waals surface area contributed by atoms with E-state index < -0.39 is 23.0 Å². The van der Waals surface area contributed by atoms with E-state index in [0.29, 0.717) is 11.6 Å². The maximum atomic E-state index is 13.1. The first-order valence-corrected chi connectivity index (χ1v) is 13.6. The molecule has 3 N–H and O–H groups in total. The Balaban J connectivity index is 1.72. The fourth-order valence-electron chi connectivity index (χ4n) is 2.58. The summed E-state index contributed by atoms with van der Waals surface area (Å²) in [6.07, 6.45) is 3.75. The van der Waals surface area contributed by atoms with Crippen LogP contribution in [-0.2, 0) is 0 Å². The zero-order chi connectivity index (χ0) is 19.8. The van der Waals surface area contributed by atoms with Crippen molar-refractivity contribution >= 4 is 11.8 Å². The van der Waals surface area contributed by atoms with E-state index in [1.807, 2.05) is 6.92 Å². The minimum atomic E-state index is -5.09. The van der Waals surface area contributed by atoms with E-state index in [1.165, 1.54) is 29.1 Å². The molecular weight excluding hydrogens is 476 g/mol. The average Bonchev–Trinajstić information content (AvgIpc) is 3.34. The molecule has 1 unspecified atom stereocenters. The molecule has 2 aromatic rings. The van der Waals surface area contributed by atoms with Crippen LogP contribution in [0.2, 0.25) is 0 Å². The Hall–Kier alpha value is -1.82. The number of hydrogen-bond acceptors (Lipinski definition) is 3. The predicted octanol–water partition coefficient (Wildman–Crippen LogP) is 0.179. The third-order valence-electron chi connectivity index (χ3n) is 4.43. The maximum absolute atomic E-state index is 13.1. The topological polar surface area (TPSA) is 79.2 Å². The summed E-state index contributed by atoms with van der Waals surface area (Å²) in [5.74, 6) is 0.798. The summed E-state index contributed by atoms with van der Waals surface area (Å²) >= 11 is -5.09. The van der Waals surface area contributed by atoms with Gasteiger partial charge in [-0.1, -0.05) is 0 Å². The van der Waals surface area contributed by atoms with Gasteiger partial charge in [0, 0.05) is 0 Å². The number of urea groups is 1. The SMILES string of the molecule is C[C@H](NC(=O)Nc1ccn(-c2cccc([I-](C)(O)C(F)(F)F)c2)n1)C1CC1. The number of hydrogen-bond donors (Lipinski definition) is 3. The van der Waals surface area contributed by atoms with E-state index in [0.717, 1.165) is 17.8 Å². The molecule has 0 aliphatic heterocycles. The Kier molecular flexibility index (Phi) is 5.39. The summed E-state index contributed by atoms with van der Waals surface area (Å²) in [5, 5.41) is 9.62. The molecular formula is C17H21F3IN4O2-. The molecule has 27 heavy (non-hydrogen) atoms. The molecule has 3 rings (SSSR count). The van der Waals surface area contributed by atoms with Crippen molar-refractivity contribution < 1.29 is 40.3 Å². The number of alkyl halides is 5. The molecule has 6 nitrogen and oxygen atoms in total. The van der Waals surface area contributed by atoms with E-state index in [4.69, 9.17) is 0 Å². The fourth-order valence-corrected chi connectivity index (χ4v) is 5.12. The van der Waals surface area contributed by atoms with Crippen LogP contribution >= 0.6 is 0 Å². The summed E-state index contributed by atoms with van der Waals surface area (Å²) in [5.41, 5.74) is 0.375. The predicted molar refractivity (Wildman–Crippen MR) is 90.8 cm³/mol. The van der Waals surface area contributed by atoms with E-state index in [2.05, 4.69) is 15.7 Å². The summed E-state index contributed by atoms with van der Waals surface area (Å²) in [4.78, 5) is 12.9. The standard InChI is InChI=1S/C17H21F3IN4O2/c1-11(12-6-7-12)22-16(26)23-15-8-9-25(24-15)14-5-3-4-13(10-14)21(2,27)17(18,19)20/h3-5,8-12,27H,6-7H2,1-2H3,(H2,22,23,24,26)/q-1/t11-/m0/s1. The van der Waals surface area contributed by atoms with Gasteiger partial charge in [-0.05, 0) is 0 Å². The van der Waals surface area contributed by atoms with Gasteiger partial charge in [0.2, 0.25) is 0 Å². The van der Waals surface area contributed by atoms with Crippen molar-refractivity contribution in [2.24, 2.45) is 5.92 Å². The molecule has 150 valence electrons. The Morgan fingerprint density at radius 3 is 2.70 bits per heavy atom. The third kappa shape index (κ3) is 4.54. The van der Waals surface area contributed by atoms with Gasteiger partial charge in [-0.25, -0.2) is 0 Å². The van der Waals surface area contributed by atoms with Crippen LogP contribution in [0.1, 0.15) is 19.8 Å². The first-order valence-electron chi connectivity index (χ1n) is 8.31. The summed E-state index contributed by atoms with van der Waals surface area (Å²) < 4.78 is 46.0. The summed E-state index contributed by atoms with van der Waals surface area (Å²) in [6.45, 7) is 1.94. The van der Waals surface area contributed by atoms with Crippen molar-refractivity contribution in [3.05, 3.63) is 40.1 Å². The van der Waals surface area contributed by atoms with Gasteiger partial charge in [0.25, 0.3) is 0 Å². The quantitative estimate of drug-likeness (QED) is 0.408. The second-order valence-electron chi connectivity index (χ2n) is 6.59. The van der Waals surface area contributed by atoms with Crippen molar-refractivity contribution in [2.45, 2.75) is 30.0 Å². The molecule has 2 atom stereocenters. The molecule has 10 heteroatoms. The van der Waals surface area contributed by atoms with Gasteiger partial charge in [0.15, 0.2) is 0 Å². The Labute approximate surface area is 159 Å². The third-order valence-corrected chi connectivity index (χ3v) is 9.91. The van der Waals surface area contributed by atoms with Crippen molar-refractivity contribution in [1.29, 1.82) is 0 Å². The molecule has 1 heterocycles. The number of anilines is 1. The van der Waals surface area contributed by atoms with Gasteiger partial charge in [0.1, 0.15) is 0 Å². The molecule has 2 amide bonds. The first-order chi connectivity index (χ1) is 12.6. The second kappa shape index (κ2) is 7.30. The van der Waals surface area contributed by atoms with Gasteiger partial charge in [-0.3, -0.25) is 0 Å². The molecule has 1 fully saturated rings. The number of nitrogens with zero attached hydrogens (tertiary/aromatic N) is 2. The number of rotatable bonds is 5. The van der Waals surface area contributed by atoms with E-state index in [-0.39, 0.29) is 21.5 Å². The van der Waals surface area contributed by atoms with Gasteiger partial charge >= 0.3 is 159 Å². The molecule has 0 radical (unpaired) electrons. The van der Waals surface area contributed by atoms with Crippen LogP contribution in [0.25, 0.3) is 5.69 Å². The van der Waals surface area contributed by atoms with Gasteiger partial charge in [-0.2, -0.15) is 0 Å². The van der Waals surface area contributed by atoms with Crippen LogP contribution in [0.4, 0.5) is 23.8 Å². The van der Waals surface area contributed by atoms with Crippen molar-refractivity contribution in [3.8, 4) is 5.69 Å². The minimum absolute atomic E-state index is 0.0831. The van der Waals surface area contributed by atoms with Crippen LogP contribution in [0.5, 0.6) is 0 Å². The molecule has 0 saturated heterocycles. The average molecular weight is 497 g/mol. The first kappa shape index (κ1) is 19.9. The number of aromatic nitrogens is 2. The molecule has 1 saturated carbocycles. The van der Waals surface area contributed by atoms with E-state index in [1.54, 1.807) is 12.1 Å². The number of benzene rings is 1. The molecule has 1 aliphatic rings. The van der Waals surface area contributed by atoms with Gasteiger partial charge in [-0.15, -0.1) is 0 Å². The number of carbonyl (C=O) groups is 1. The summed E-state index contributed by atoms with van der Waals surface area (Å²) in [6, 6.07) is 6.87. The van der Waals surface area contributed by atoms with E-state index in [9.17, 15) is 21.4 Å². The number of amides is 2. The van der Waals surface area contributed by atoms with Gasteiger partial charge < -0.3 is 0 Å². The van der Waals surface area contributed by atoms with E-state index >= 15 is 0 Å². The second-order valence-corrected chi connectivity index (χ2v) is 13.7. The van der Waals surface area contributed by atoms with Crippen LogP contribution in [-0.4, -0.2) is 34.4 Å². The Morgan fingerprint density at radius 2 is 2.07 bits per heavy atom. The Morgan fingerprint density at radius 1 is 1.37 bits per heavy atom. The van der Waals surface area contributed by atoms with Gasteiger partial charge in [0.05, 0.1) is 0 Å². The van der Waals surface area contributed by atoms with Crippen molar-refractivity contribution in [1.82, 2.24) is 15.1 Å². The summed E-state index contributed by atoms with van der Waals surface area (Å²) in [7, 11) is 0. The fraction of sp³-hybridized carbons (Fsp3) is 0.412.